The molecule has 8 heteroatoms. The predicted molar refractivity (Wildman–Crippen MR) is 114 cm³/mol. The third-order valence-corrected chi connectivity index (χ3v) is 6.51. The minimum absolute atomic E-state index is 0.228. The van der Waals surface area contributed by atoms with Gasteiger partial charge in [0.2, 0.25) is 0 Å². The highest BCUT2D eigenvalue weighted by molar-refractivity contribution is 7.18. The van der Waals surface area contributed by atoms with Crippen molar-refractivity contribution in [2.45, 2.75) is 19.4 Å². The Kier molecular flexibility index (Phi) is 4.60. The summed E-state index contributed by atoms with van der Waals surface area (Å²) in [5.74, 6) is -0.567. The number of carbonyl (C=O) groups is 1. The summed E-state index contributed by atoms with van der Waals surface area (Å²) in [7, 11) is 0. The first-order chi connectivity index (χ1) is 14.5. The maximum atomic E-state index is 13.5. The van der Waals surface area contributed by atoms with Gasteiger partial charge in [0.25, 0.3) is 5.91 Å². The highest BCUT2D eigenvalue weighted by atomic mass is 32.1. The number of rotatable bonds is 3. The molecule has 2 aromatic carbocycles. The maximum Gasteiger partial charge on any atom is 0.274 e. The highest BCUT2D eigenvalue weighted by Crippen LogP contribution is 2.38. The van der Waals surface area contributed by atoms with Gasteiger partial charge in [-0.3, -0.25) is 9.89 Å². The number of aromatic amines is 1. The van der Waals surface area contributed by atoms with E-state index in [1.807, 2.05) is 25.1 Å². The second-order valence-electron chi connectivity index (χ2n) is 7.47. The van der Waals surface area contributed by atoms with Crippen LogP contribution >= 0.6 is 11.3 Å². The van der Waals surface area contributed by atoms with Crippen LogP contribution in [-0.2, 0) is 0 Å². The fourth-order valence-electron chi connectivity index (χ4n) is 3.79. The van der Waals surface area contributed by atoms with Crippen LogP contribution in [0.25, 0.3) is 32.0 Å². The van der Waals surface area contributed by atoms with Gasteiger partial charge in [0.1, 0.15) is 22.2 Å². The van der Waals surface area contributed by atoms with Crippen molar-refractivity contribution in [1.29, 1.82) is 0 Å². The van der Waals surface area contributed by atoms with Crippen LogP contribution in [0.1, 0.15) is 22.5 Å². The Labute approximate surface area is 176 Å². The largest absolute Gasteiger partial charge is 0.391 e. The summed E-state index contributed by atoms with van der Waals surface area (Å²) >= 11 is 1.37. The number of likely N-dealkylation sites (tertiary alicyclic amines) is 1. The number of fused-ring (bicyclic) bond motifs is 1. The van der Waals surface area contributed by atoms with Gasteiger partial charge >= 0.3 is 0 Å². The number of halogens is 1. The number of aliphatic hydroxyl groups is 1. The van der Waals surface area contributed by atoms with Crippen LogP contribution < -0.4 is 0 Å². The lowest BCUT2D eigenvalue weighted by atomic mass is 10.1. The Bertz CT molecular complexity index is 1250. The van der Waals surface area contributed by atoms with E-state index >= 15 is 0 Å². The molecule has 5 rings (SSSR count). The summed E-state index contributed by atoms with van der Waals surface area (Å²) in [4.78, 5) is 20.2. The molecule has 0 spiro atoms. The molecule has 2 aromatic heterocycles. The minimum atomic E-state index is -0.513. The van der Waals surface area contributed by atoms with Gasteiger partial charge in [-0.1, -0.05) is 30.3 Å². The first kappa shape index (κ1) is 18.9. The standard InChI is InChI=1S/C22H19FN4O2S/c1-12-3-2-4-16-17(12)25-26-18(16)21-24-19(22(29)27-10-9-15(28)11-27)20(30-21)13-5-7-14(23)8-6-13/h2-8,15,28H,9-11H2,1H3,(H,25,26)/t15-/m1/s1. The van der Waals surface area contributed by atoms with Crippen LogP contribution in [0.5, 0.6) is 0 Å². The number of H-pyrrole nitrogens is 1. The van der Waals surface area contributed by atoms with E-state index in [2.05, 4.69) is 15.2 Å². The van der Waals surface area contributed by atoms with E-state index in [4.69, 9.17) is 0 Å². The summed E-state index contributed by atoms with van der Waals surface area (Å²) < 4.78 is 13.5. The molecule has 1 fully saturated rings. The van der Waals surface area contributed by atoms with E-state index in [0.29, 0.717) is 35.1 Å². The third-order valence-electron chi connectivity index (χ3n) is 5.39. The highest BCUT2D eigenvalue weighted by Gasteiger charge is 2.30. The SMILES string of the molecule is Cc1cccc2c(-c3nc(C(=O)N4CC[C@@H](O)C4)c(-c4ccc(F)cc4)s3)[nH]nc12. The van der Waals surface area contributed by atoms with Crippen LogP contribution in [0.4, 0.5) is 4.39 Å². The number of aliphatic hydroxyl groups excluding tert-OH is 1. The van der Waals surface area contributed by atoms with Crippen molar-refractivity contribution in [2.24, 2.45) is 0 Å². The van der Waals surface area contributed by atoms with E-state index < -0.39 is 6.10 Å². The number of β-amino-alcohol motifs (C(OH)–C–C–N with tert-alkyl or cyclic N) is 1. The zero-order valence-electron chi connectivity index (χ0n) is 16.2. The van der Waals surface area contributed by atoms with E-state index in [1.54, 1.807) is 17.0 Å². The number of hydrogen-bond donors (Lipinski definition) is 2. The second-order valence-corrected chi connectivity index (χ2v) is 8.47. The van der Waals surface area contributed by atoms with Gasteiger partial charge in [-0.2, -0.15) is 5.10 Å². The average Bonchev–Trinajstić information content (AvgIpc) is 3.46. The number of aromatic nitrogens is 3. The quantitative estimate of drug-likeness (QED) is 0.523. The smallest absolute Gasteiger partial charge is 0.274 e. The minimum Gasteiger partial charge on any atom is -0.391 e. The number of nitrogens with zero attached hydrogens (tertiary/aromatic N) is 3. The van der Waals surface area contributed by atoms with Crippen LogP contribution in [-0.4, -0.2) is 50.3 Å². The molecule has 1 atom stereocenters. The number of benzene rings is 2. The van der Waals surface area contributed by atoms with Gasteiger partial charge in [-0.25, -0.2) is 9.37 Å². The Morgan fingerprint density at radius 3 is 2.80 bits per heavy atom. The molecule has 2 N–H and O–H groups in total. The van der Waals surface area contributed by atoms with Crippen molar-refractivity contribution in [2.75, 3.05) is 13.1 Å². The molecule has 0 radical (unpaired) electrons. The topological polar surface area (TPSA) is 82.1 Å². The van der Waals surface area contributed by atoms with Crippen LogP contribution in [0.15, 0.2) is 42.5 Å². The summed E-state index contributed by atoms with van der Waals surface area (Å²) in [6.07, 6.45) is 0.0415. The Morgan fingerprint density at radius 1 is 1.27 bits per heavy atom. The molecule has 0 unspecified atom stereocenters. The number of amides is 1. The summed E-state index contributed by atoms with van der Waals surface area (Å²) in [5, 5.41) is 18.9. The first-order valence-corrected chi connectivity index (χ1v) is 10.5. The predicted octanol–water partition coefficient (Wildman–Crippen LogP) is 4.01. The monoisotopic (exact) mass is 422 g/mol. The number of hydrogen-bond acceptors (Lipinski definition) is 5. The molecule has 1 aliphatic heterocycles. The normalized spacial score (nSPS) is 16.5. The van der Waals surface area contributed by atoms with Crippen LogP contribution in [0.3, 0.4) is 0 Å². The third kappa shape index (κ3) is 3.18. The Balaban J connectivity index is 1.65. The molecule has 0 saturated carbocycles. The summed E-state index contributed by atoms with van der Waals surface area (Å²) in [6, 6.07) is 12.0. The van der Waals surface area contributed by atoms with Gasteiger partial charge in [0.05, 0.1) is 16.5 Å². The lowest BCUT2D eigenvalue weighted by Gasteiger charge is -2.14. The van der Waals surface area contributed by atoms with E-state index in [1.165, 1.54) is 23.5 Å². The fourth-order valence-corrected chi connectivity index (χ4v) is 4.86. The lowest BCUT2D eigenvalue weighted by molar-refractivity contribution is 0.0761. The fraction of sp³-hybridized carbons (Fsp3) is 0.227. The second kappa shape index (κ2) is 7.30. The molecule has 0 bridgehead atoms. The van der Waals surface area contributed by atoms with Crippen molar-refractivity contribution in [3.05, 3.63) is 59.5 Å². The number of thiazole rings is 1. The van der Waals surface area contributed by atoms with Crippen LogP contribution in [0.2, 0.25) is 0 Å². The molecule has 4 aromatic rings. The molecule has 1 aliphatic rings. The Morgan fingerprint density at radius 2 is 2.07 bits per heavy atom. The lowest BCUT2D eigenvalue weighted by Crippen LogP contribution is -2.30. The van der Waals surface area contributed by atoms with Gasteiger partial charge in [0, 0.05) is 18.5 Å². The first-order valence-electron chi connectivity index (χ1n) is 9.69. The van der Waals surface area contributed by atoms with Crippen molar-refractivity contribution < 1.29 is 14.3 Å². The van der Waals surface area contributed by atoms with Crippen LogP contribution in [0, 0.1) is 12.7 Å². The number of nitrogens with one attached hydrogen (secondary N) is 1. The molecular formula is C22H19FN4O2S. The van der Waals surface area contributed by atoms with Crippen molar-refractivity contribution >= 4 is 28.1 Å². The van der Waals surface area contributed by atoms with Gasteiger partial charge in [0.15, 0.2) is 0 Å². The Hall–Kier alpha value is -3.10. The zero-order chi connectivity index (χ0) is 20.8. The van der Waals surface area contributed by atoms with E-state index in [-0.39, 0.29) is 11.7 Å². The van der Waals surface area contributed by atoms with E-state index in [0.717, 1.165) is 27.7 Å². The number of aryl methyl sites for hydroxylation is 1. The average molecular weight is 422 g/mol. The molecule has 6 nitrogen and oxygen atoms in total. The van der Waals surface area contributed by atoms with Crippen molar-refractivity contribution in [3.63, 3.8) is 0 Å². The van der Waals surface area contributed by atoms with Crippen molar-refractivity contribution in [1.82, 2.24) is 20.1 Å². The van der Waals surface area contributed by atoms with E-state index in [9.17, 15) is 14.3 Å². The molecule has 152 valence electrons. The molecule has 1 amide bonds. The summed E-state index contributed by atoms with van der Waals surface area (Å²) in [5.41, 5.74) is 3.70. The van der Waals surface area contributed by atoms with Gasteiger partial charge in [-0.05, 0) is 36.6 Å². The number of carbonyl (C=O) groups excluding carboxylic acids is 1. The maximum absolute atomic E-state index is 13.5. The van der Waals surface area contributed by atoms with Gasteiger partial charge < -0.3 is 10.0 Å². The molecular weight excluding hydrogens is 403 g/mol. The molecule has 30 heavy (non-hydrogen) atoms. The van der Waals surface area contributed by atoms with Gasteiger partial charge in [-0.15, -0.1) is 11.3 Å². The zero-order valence-corrected chi connectivity index (χ0v) is 17.0. The molecule has 1 saturated heterocycles. The van der Waals surface area contributed by atoms with Crippen molar-refractivity contribution in [3.8, 4) is 21.1 Å². The number of para-hydroxylation sites is 1. The molecule has 0 aliphatic carbocycles. The molecule has 3 heterocycles. The summed E-state index contributed by atoms with van der Waals surface area (Å²) in [6.45, 7) is 2.77.